The third-order valence-corrected chi connectivity index (χ3v) is 8.20. The second-order valence-electron chi connectivity index (χ2n) is 7.89. The van der Waals surface area contributed by atoms with E-state index in [0.29, 0.717) is 6.42 Å². The standard InChI is InChI=1S/C24H25NO4S/c1-4-19-16-25(30(27,28)21-9-5-17(2)6-10-21)14-13-24(19)22-11-8-20(29-3)15-18(22)7-12-23(24)26/h4-12,15,19H,1,13-14,16H2,2-3H3/t19-,24+/m1/s1. The van der Waals surface area contributed by atoms with Crippen LogP contribution in [0, 0.1) is 12.8 Å². The van der Waals surface area contributed by atoms with Crippen LogP contribution >= 0.6 is 0 Å². The summed E-state index contributed by atoms with van der Waals surface area (Å²) in [5.41, 5.74) is 2.03. The second-order valence-corrected chi connectivity index (χ2v) is 9.83. The number of sulfonamides is 1. The van der Waals surface area contributed by atoms with Crippen molar-refractivity contribution in [3.63, 3.8) is 0 Å². The van der Waals surface area contributed by atoms with E-state index in [1.165, 1.54) is 4.31 Å². The van der Waals surface area contributed by atoms with Gasteiger partial charge in [-0.2, -0.15) is 4.31 Å². The Morgan fingerprint density at radius 1 is 1.17 bits per heavy atom. The van der Waals surface area contributed by atoms with Gasteiger partial charge in [0.25, 0.3) is 0 Å². The lowest BCUT2D eigenvalue weighted by Crippen LogP contribution is -2.55. The minimum absolute atomic E-state index is 0.00236. The monoisotopic (exact) mass is 423 g/mol. The molecule has 5 nitrogen and oxygen atoms in total. The highest BCUT2D eigenvalue weighted by molar-refractivity contribution is 7.89. The average Bonchev–Trinajstić information content (AvgIpc) is 2.76. The average molecular weight is 424 g/mol. The SMILES string of the molecule is C=C[C@@H]1CN(S(=O)(=O)c2ccc(C)cc2)CC[C@]12C(=O)C=Cc1cc(OC)ccc12. The van der Waals surface area contributed by atoms with Crippen molar-refractivity contribution in [3.8, 4) is 5.75 Å². The number of allylic oxidation sites excluding steroid dienone is 1. The van der Waals surface area contributed by atoms with Crippen molar-refractivity contribution < 1.29 is 17.9 Å². The molecule has 1 fully saturated rings. The maximum atomic E-state index is 13.2. The summed E-state index contributed by atoms with van der Waals surface area (Å²) >= 11 is 0. The predicted octanol–water partition coefficient (Wildman–Crippen LogP) is 3.73. The second kappa shape index (κ2) is 7.52. The highest BCUT2D eigenvalue weighted by Crippen LogP contribution is 2.47. The summed E-state index contributed by atoms with van der Waals surface area (Å²) in [5, 5.41) is 0. The lowest BCUT2D eigenvalue weighted by atomic mass is 9.61. The number of methoxy groups -OCH3 is 1. The van der Waals surface area contributed by atoms with E-state index in [1.807, 2.05) is 25.1 Å². The van der Waals surface area contributed by atoms with Crippen molar-refractivity contribution >= 4 is 21.9 Å². The number of hydrogen-bond acceptors (Lipinski definition) is 4. The summed E-state index contributed by atoms with van der Waals surface area (Å²) < 4.78 is 33.2. The lowest BCUT2D eigenvalue weighted by molar-refractivity contribution is -0.122. The van der Waals surface area contributed by atoms with Gasteiger partial charge in [0.2, 0.25) is 10.0 Å². The van der Waals surface area contributed by atoms with Gasteiger partial charge in [-0.15, -0.1) is 6.58 Å². The summed E-state index contributed by atoms with van der Waals surface area (Å²) in [5.74, 6) is 0.381. The molecule has 1 spiro atoms. The molecule has 6 heteroatoms. The first kappa shape index (κ1) is 20.6. The first-order chi connectivity index (χ1) is 14.3. The Kier molecular flexibility index (Phi) is 5.16. The van der Waals surface area contributed by atoms with Crippen molar-refractivity contribution in [2.75, 3.05) is 20.2 Å². The Hall–Kier alpha value is -2.70. The zero-order valence-electron chi connectivity index (χ0n) is 17.2. The zero-order valence-corrected chi connectivity index (χ0v) is 18.0. The third-order valence-electron chi connectivity index (χ3n) is 6.33. The molecule has 0 saturated carbocycles. The highest BCUT2D eigenvalue weighted by Gasteiger charge is 2.51. The molecule has 4 rings (SSSR count). The van der Waals surface area contributed by atoms with E-state index in [-0.39, 0.29) is 29.7 Å². The van der Waals surface area contributed by atoms with Crippen LogP contribution in [0.25, 0.3) is 6.08 Å². The van der Waals surface area contributed by atoms with Crippen LogP contribution in [0.3, 0.4) is 0 Å². The van der Waals surface area contributed by atoms with Crippen LogP contribution in [0.15, 0.2) is 66.1 Å². The maximum absolute atomic E-state index is 13.2. The van der Waals surface area contributed by atoms with E-state index in [1.54, 1.807) is 49.6 Å². The van der Waals surface area contributed by atoms with Gasteiger partial charge in [0.05, 0.1) is 17.4 Å². The Morgan fingerprint density at radius 2 is 1.90 bits per heavy atom. The Morgan fingerprint density at radius 3 is 2.57 bits per heavy atom. The van der Waals surface area contributed by atoms with Crippen LogP contribution in [0.4, 0.5) is 0 Å². The number of ketones is 1. The quantitative estimate of drug-likeness (QED) is 0.703. The number of nitrogens with zero attached hydrogens (tertiary/aromatic N) is 1. The summed E-state index contributed by atoms with van der Waals surface area (Å²) in [6, 6.07) is 12.5. The molecule has 1 aliphatic carbocycles. The van der Waals surface area contributed by atoms with Crippen LogP contribution in [0.2, 0.25) is 0 Å². The molecule has 0 amide bonds. The van der Waals surface area contributed by atoms with Crippen molar-refractivity contribution in [1.82, 2.24) is 4.31 Å². The molecule has 0 unspecified atom stereocenters. The molecule has 0 bridgehead atoms. The number of piperidine rings is 1. The van der Waals surface area contributed by atoms with Gasteiger partial charge in [-0.3, -0.25) is 4.79 Å². The third kappa shape index (κ3) is 3.11. The minimum atomic E-state index is -3.65. The first-order valence-electron chi connectivity index (χ1n) is 9.93. The predicted molar refractivity (Wildman–Crippen MR) is 117 cm³/mol. The number of hydrogen-bond donors (Lipinski definition) is 0. The molecule has 2 atom stereocenters. The van der Waals surface area contributed by atoms with Gasteiger partial charge in [0.15, 0.2) is 5.78 Å². The smallest absolute Gasteiger partial charge is 0.243 e. The number of fused-ring (bicyclic) bond motifs is 2. The summed E-state index contributed by atoms with van der Waals surface area (Å²) in [7, 11) is -2.04. The Bertz CT molecular complexity index is 1130. The summed E-state index contributed by atoms with van der Waals surface area (Å²) in [6.45, 7) is 6.36. The topological polar surface area (TPSA) is 63.7 Å². The molecule has 156 valence electrons. The van der Waals surface area contributed by atoms with E-state index in [0.717, 1.165) is 22.4 Å². The molecule has 2 aliphatic rings. The van der Waals surface area contributed by atoms with Gasteiger partial charge >= 0.3 is 0 Å². The molecular formula is C24H25NO4S. The van der Waals surface area contributed by atoms with Gasteiger partial charge in [0, 0.05) is 19.0 Å². The zero-order chi connectivity index (χ0) is 21.5. The molecule has 30 heavy (non-hydrogen) atoms. The first-order valence-corrected chi connectivity index (χ1v) is 11.4. The van der Waals surface area contributed by atoms with E-state index in [9.17, 15) is 13.2 Å². The molecule has 1 saturated heterocycles. The van der Waals surface area contributed by atoms with Crippen molar-refractivity contribution in [2.45, 2.75) is 23.7 Å². The van der Waals surface area contributed by atoms with Gasteiger partial charge in [-0.25, -0.2) is 8.42 Å². The van der Waals surface area contributed by atoms with Crippen molar-refractivity contribution in [1.29, 1.82) is 0 Å². The lowest BCUT2D eigenvalue weighted by Gasteiger charge is -2.47. The number of rotatable bonds is 4. The number of benzene rings is 2. The fourth-order valence-electron chi connectivity index (χ4n) is 4.61. The molecule has 1 aliphatic heterocycles. The largest absolute Gasteiger partial charge is 0.497 e. The van der Waals surface area contributed by atoms with Crippen LogP contribution in [0.5, 0.6) is 5.75 Å². The summed E-state index contributed by atoms with van der Waals surface area (Å²) in [4.78, 5) is 13.5. The van der Waals surface area contributed by atoms with Gasteiger partial charge < -0.3 is 4.74 Å². The van der Waals surface area contributed by atoms with Crippen LogP contribution in [-0.2, 0) is 20.2 Å². The minimum Gasteiger partial charge on any atom is -0.497 e. The number of aryl methyl sites for hydroxylation is 1. The van der Waals surface area contributed by atoms with E-state index < -0.39 is 15.4 Å². The van der Waals surface area contributed by atoms with Crippen molar-refractivity contribution in [2.24, 2.45) is 5.92 Å². The van der Waals surface area contributed by atoms with Crippen LogP contribution < -0.4 is 4.74 Å². The maximum Gasteiger partial charge on any atom is 0.243 e. The molecule has 0 aromatic heterocycles. The van der Waals surface area contributed by atoms with Gasteiger partial charge in [0.1, 0.15) is 5.75 Å². The fraction of sp³-hybridized carbons (Fsp3) is 0.292. The van der Waals surface area contributed by atoms with Crippen molar-refractivity contribution in [3.05, 3.63) is 77.9 Å². The molecular weight excluding hydrogens is 398 g/mol. The van der Waals surface area contributed by atoms with E-state index in [2.05, 4.69) is 6.58 Å². The van der Waals surface area contributed by atoms with Gasteiger partial charge in [-0.05, 0) is 54.8 Å². The Labute approximate surface area is 177 Å². The molecule has 1 heterocycles. The van der Waals surface area contributed by atoms with Gasteiger partial charge in [-0.1, -0.05) is 35.9 Å². The normalized spacial score (nSPS) is 23.9. The summed E-state index contributed by atoms with van der Waals surface area (Å²) in [6.07, 6.45) is 5.53. The fourth-order valence-corrected chi connectivity index (χ4v) is 6.07. The molecule has 2 aromatic rings. The van der Waals surface area contributed by atoms with E-state index in [4.69, 9.17) is 4.74 Å². The molecule has 0 N–H and O–H groups in total. The van der Waals surface area contributed by atoms with E-state index >= 15 is 0 Å². The number of carbonyl (C=O) groups excluding carboxylic acids is 1. The number of carbonyl (C=O) groups is 1. The molecule has 2 aromatic carbocycles. The Balaban J connectivity index is 1.72. The highest BCUT2D eigenvalue weighted by atomic mass is 32.2. The number of ether oxygens (including phenoxy) is 1. The van der Waals surface area contributed by atoms with Crippen LogP contribution in [-0.4, -0.2) is 38.7 Å². The van der Waals surface area contributed by atoms with Crippen LogP contribution in [0.1, 0.15) is 23.1 Å². The molecule has 0 radical (unpaired) electrons.